The predicted octanol–water partition coefficient (Wildman–Crippen LogP) is 2.98. The third-order valence-electron chi connectivity index (χ3n) is 2.13. The molecule has 0 bridgehead atoms. The van der Waals surface area contributed by atoms with Gasteiger partial charge in [0, 0.05) is 12.6 Å². The fourth-order valence-corrected chi connectivity index (χ4v) is 1.27. The van der Waals surface area contributed by atoms with Crippen LogP contribution in [0.3, 0.4) is 0 Å². The first-order valence-electron chi connectivity index (χ1n) is 4.94. The van der Waals surface area contributed by atoms with E-state index in [0.717, 1.165) is 12.5 Å². The van der Waals surface area contributed by atoms with Crippen LogP contribution in [0.1, 0.15) is 41.0 Å². The zero-order valence-electron chi connectivity index (χ0n) is 9.15. The number of hydrogen-bond donors (Lipinski definition) is 1. The molecular weight excluding hydrogens is 146 g/mol. The van der Waals surface area contributed by atoms with Gasteiger partial charge < -0.3 is 5.32 Å². The normalized spacial score (nSPS) is 13.2. The molecule has 0 aromatic heterocycles. The van der Waals surface area contributed by atoms with E-state index in [9.17, 15) is 0 Å². The molecule has 0 saturated heterocycles. The number of nitrogens with one attached hydrogen (secondary N) is 1. The minimum atomic E-state index is 0.667. The maximum absolute atomic E-state index is 3.52. The van der Waals surface area contributed by atoms with Crippen LogP contribution in [0.5, 0.6) is 0 Å². The Morgan fingerprint density at radius 2 is 1.92 bits per heavy atom. The standard InChI is InChI=1S/C11H23N/c1-6-11(10(4)5)12-8-7-9(2)3/h7,10-12H,6,8H2,1-5H3. The Balaban J connectivity index is 3.66. The van der Waals surface area contributed by atoms with Crippen LogP contribution in [0.4, 0.5) is 0 Å². The highest BCUT2D eigenvalue weighted by Crippen LogP contribution is 2.04. The third-order valence-corrected chi connectivity index (χ3v) is 2.13. The molecule has 0 radical (unpaired) electrons. The zero-order chi connectivity index (χ0) is 9.56. The van der Waals surface area contributed by atoms with Gasteiger partial charge in [0.25, 0.3) is 0 Å². The molecule has 1 unspecified atom stereocenters. The fourth-order valence-electron chi connectivity index (χ4n) is 1.27. The fraction of sp³-hybridized carbons (Fsp3) is 0.818. The van der Waals surface area contributed by atoms with Gasteiger partial charge in [-0.25, -0.2) is 0 Å². The average molecular weight is 169 g/mol. The van der Waals surface area contributed by atoms with Crippen LogP contribution in [-0.2, 0) is 0 Å². The Morgan fingerprint density at radius 1 is 1.33 bits per heavy atom. The van der Waals surface area contributed by atoms with Crippen LogP contribution in [0.25, 0.3) is 0 Å². The summed E-state index contributed by atoms with van der Waals surface area (Å²) < 4.78 is 0. The van der Waals surface area contributed by atoms with Gasteiger partial charge in [-0.2, -0.15) is 0 Å². The lowest BCUT2D eigenvalue weighted by Crippen LogP contribution is -2.33. The van der Waals surface area contributed by atoms with E-state index in [2.05, 4.69) is 46.0 Å². The quantitative estimate of drug-likeness (QED) is 0.624. The maximum Gasteiger partial charge on any atom is 0.0140 e. The van der Waals surface area contributed by atoms with Gasteiger partial charge in [0.05, 0.1) is 0 Å². The van der Waals surface area contributed by atoms with Crippen molar-refractivity contribution in [2.75, 3.05) is 6.54 Å². The van der Waals surface area contributed by atoms with Gasteiger partial charge in [0.1, 0.15) is 0 Å². The van der Waals surface area contributed by atoms with Gasteiger partial charge in [0.15, 0.2) is 0 Å². The Labute approximate surface area is 77.2 Å². The highest BCUT2D eigenvalue weighted by molar-refractivity contribution is 4.94. The summed E-state index contributed by atoms with van der Waals surface area (Å²) in [6.45, 7) is 12.1. The van der Waals surface area contributed by atoms with Crippen LogP contribution in [0, 0.1) is 5.92 Å². The molecule has 72 valence electrons. The van der Waals surface area contributed by atoms with Crippen molar-refractivity contribution in [1.82, 2.24) is 5.32 Å². The highest BCUT2D eigenvalue weighted by Gasteiger charge is 2.07. The predicted molar refractivity (Wildman–Crippen MR) is 56.4 cm³/mol. The van der Waals surface area contributed by atoms with Gasteiger partial charge in [-0.15, -0.1) is 0 Å². The van der Waals surface area contributed by atoms with Crippen LogP contribution in [0.15, 0.2) is 11.6 Å². The monoisotopic (exact) mass is 169 g/mol. The maximum atomic E-state index is 3.52. The molecular formula is C11H23N. The molecule has 0 spiro atoms. The Hall–Kier alpha value is -0.300. The molecule has 1 N–H and O–H groups in total. The number of rotatable bonds is 5. The average Bonchev–Trinajstić information content (AvgIpc) is 1.96. The summed E-state index contributed by atoms with van der Waals surface area (Å²) in [5.74, 6) is 0.737. The van der Waals surface area contributed by atoms with Crippen molar-refractivity contribution >= 4 is 0 Å². The van der Waals surface area contributed by atoms with Crippen LogP contribution >= 0.6 is 0 Å². The second kappa shape index (κ2) is 6.24. The van der Waals surface area contributed by atoms with E-state index in [-0.39, 0.29) is 0 Å². The van der Waals surface area contributed by atoms with Crippen LogP contribution in [-0.4, -0.2) is 12.6 Å². The van der Waals surface area contributed by atoms with E-state index in [1.807, 2.05) is 0 Å². The van der Waals surface area contributed by atoms with Crippen molar-refractivity contribution in [3.8, 4) is 0 Å². The first kappa shape index (κ1) is 11.7. The molecule has 0 amide bonds. The van der Waals surface area contributed by atoms with Crippen molar-refractivity contribution in [1.29, 1.82) is 0 Å². The van der Waals surface area contributed by atoms with E-state index in [4.69, 9.17) is 0 Å². The molecule has 0 fully saturated rings. The summed E-state index contributed by atoms with van der Waals surface area (Å²) in [6.07, 6.45) is 3.46. The molecule has 1 nitrogen and oxygen atoms in total. The van der Waals surface area contributed by atoms with E-state index >= 15 is 0 Å². The molecule has 0 aliphatic rings. The zero-order valence-corrected chi connectivity index (χ0v) is 9.15. The minimum Gasteiger partial charge on any atom is -0.310 e. The van der Waals surface area contributed by atoms with Gasteiger partial charge in [-0.1, -0.05) is 32.4 Å². The van der Waals surface area contributed by atoms with Gasteiger partial charge in [-0.3, -0.25) is 0 Å². The molecule has 0 aliphatic heterocycles. The lowest BCUT2D eigenvalue weighted by atomic mass is 10.0. The molecule has 0 aromatic rings. The highest BCUT2D eigenvalue weighted by atomic mass is 14.9. The smallest absolute Gasteiger partial charge is 0.0140 e. The molecule has 0 aromatic carbocycles. The Bertz CT molecular complexity index is 132. The lowest BCUT2D eigenvalue weighted by molar-refractivity contribution is 0.403. The van der Waals surface area contributed by atoms with Gasteiger partial charge in [0.2, 0.25) is 0 Å². The SMILES string of the molecule is CCC(NCC=C(C)C)C(C)C. The van der Waals surface area contributed by atoms with Gasteiger partial charge >= 0.3 is 0 Å². The molecule has 0 rings (SSSR count). The summed E-state index contributed by atoms with van der Waals surface area (Å²) in [5, 5.41) is 3.52. The number of allylic oxidation sites excluding steroid dienone is 1. The third kappa shape index (κ3) is 5.36. The van der Waals surface area contributed by atoms with E-state index in [1.54, 1.807) is 0 Å². The van der Waals surface area contributed by atoms with Crippen molar-refractivity contribution in [2.45, 2.75) is 47.1 Å². The molecule has 1 atom stereocenters. The van der Waals surface area contributed by atoms with Crippen molar-refractivity contribution in [2.24, 2.45) is 5.92 Å². The topological polar surface area (TPSA) is 12.0 Å². The summed E-state index contributed by atoms with van der Waals surface area (Å²) >= 11 is 0. The minimum absolute atomic E-state index is 0.667. The second-order valence-corrected chi connectivity index (χ2v) is 3.95. The Morgan fingerprint density at radius 3 is 2.25 bits per heavy atom. The van der Waals surface area contributed by atoms with Crippen LogP contribution < -0.4 is 5.32 Å². The summed E-state index contributed by atoms with van der Waals surface area (Å²) in [7, 11) is 0. The van der Waals surface area contributed by atoms with Gasteiger partial charge in [-0.05, 0) is 26.2 Å². The summed E-state index contributed by atoms with van der Waals surface area (Å²) in [6, 6.07) is 0.667. The summed E-state index contributed by atoms with van der Waals surface area (Å²) in [5.41, 5.74) is 1.39. The first-order chi connectivity index (χ1) is 5.57. The number of hydrogen-bond acceptors (Lipinski definition) is 1. The lowest BCUT2D eigenvalue weighted by Gasteiger charge is -2.19. The largest absolute Gasteiger partial charge is 0.310 e. The van der Waals surface area contributed by atoms with Crippen molar-refractivity contribution in [3.63, 3.8) is 0 Å². The van der Waals surface area contributed by atoms with Crippen molar-refractivity contribution in [3.05, 3.63) is 11.6 Å². The van der Waals surface area contributed by atoms with Crippen LogP contribution in [0.2, 0.25) is 0 Å². The molecule has 0 aliphatic carbocycles. The molecule has 12 heavy (non-hydrogen) atoms. The molecule has 0 heterocycles. The van der Waals surface area contributed by atoms with E-state index < -0.39 is 0 Å². The second-order valence-electron chi connectivity index (χ2n) is 3.95. The Kier molecular flexibility index (Phi) is 6.09. The van der Waals surface area contributed by atoms with Crippen molar-refractivity contribution < 1.29 is 0 Å². The van der Waals surface area contributed by atoms with E-state index in [1.165, 1.54) is 12.0 Å². The first-order valence-corrected chi connectivity index (χ1v) is 4.94. The summed E-state index contributed by atoms with van der Waals surface area (Å²) in [4.78, 5) is 0. The van der Waals surface area contributed by atoms with E-state index in [0.29, 0.717) is 6.04 Å². The molecule has 1 heteroatoms. The molecule has 0 saturated carbocycles.